The van der Waals surface area contributed by atoms with Gasteiger partial charge in [-0.15, -0.1) is 0 Å². The van der Waals surface area contributed by atoms with Gasteiger partial charge in [-0.05, 0) is 6.07 Å². The number of pyridine rings is 1. The number of rotatable bonds is 3. The van der Waals surface area contributed by atoms with Gasteiger partial charge < -0.3 is 9.47 Å². The topological polar surface area (TPSA) is 72.2 Å². The van der Waals surface area contributed by atoms with Crippen LogP contribution in [-0.4, -0.2) is 25.2 Å². The van der Waals surface area contributed by atoms with Crippen molar-refractivity contribution in [2.24, 2.45) is 0 Å². The Balaban J connectivity index is 3.44. The van der Waals surface area contributed by atoms with E-state index in [2.05, 4.69) is 14.5 Å². The lowest BCUT2D eigenvalue weighted by molar-refractivity contribution is 0.0598. The van der Waals surface area contributed by atoms with Crippen LogP contribution in [0.25, 0.3) is 0 Å². The third kappa shape index (κ3) is 2.47. The molecule has 17 heavy (non-hydrogen) atoms. The highest BCUT2D eigenvalue weighted by molar-refractivity contribution is 5.92. The second-order valence-electron chi connectivity index (χ2n) is 2.88. The lowest BCUT2D eigenvalue weighted by Crippen LogP contribution is -2.09. The van der Waals surface area contributed by atoms with Gasteiger partial charge in [0.2, 0.25) is 0 Å². The molecule has 5 nitrogen and oxygen atoms in total. The number of carbonyl (C=O) groups is 1. The first-order valence-electron chi connectivity index (χ1n) is 4.40. The van der Waals surface area contributed by atoms with E-state index < -0.39 is 23.8 Å². The van der Waals surface area contributed by atoms with Gasteiger partial charge in [-0.25, -0.2) is 18.6 Å². The van der Waals surface area contributed by atoms with Crippen LogP contribution in [-0.2, 0) is 4.74 Å². The highest BCUT2D eigenvalue weighted by Gasteiger charge is 2.22. The van der Waals surface area contributed by atoms with Gasteiger partial charge in [-0.3, -0.25) is 0 Å². The number of ether oxygens (including phenoxy) is 2. The summed E-state index contributed by atoms with van der Waals surface area (Å²) in [7, 11) is 2.27. The number of nitriles is 1. The van der Waals surface area contributed by atoms with E-state index in [1.807, 2.05) is 0 Å². The molecule has 7 heteroatoms. The van der Waals surface area contributed by atoms with Gasteiger partial charge >= 0.3 is 5.97 Å². The van der Waals surface area contributed by atoms with E-state index in [-0.39, 0.29) is 11.3 Å². The molecule has 0 amide bonds. The summed E-state index contributed by atoms with van der Waals surface area (Å²) in [5.74, 6) is -1.10. The van der Waals surface area contributed by atoms with Crippen LogP contribution in [0.1, 0.15) is 28.2 Å². The van der Waals surface area contributed by atoms with Crippen molar-refractivity contribution >= 4 is 5.97 Å². The molecule has 0 saturated carbocycles. The number of halogens is 2. The first-order chi connectivity index (χ1) is 8.04. The molecule has 0 bridgehead atoms. The highest BCUT2D eigenvalue weighted by Crippen LogP contribution is 2.29. The van der Waals surface area contributed by atoms with Crippen molar-refractivity contribution < 1.29 is 23.0 Å². The molecule has 0 N–H and O–H groups in total. The SMILES string of the molecule is COC(=O)c1cc(OC)c(C(F)F)nc1C#N. The molecule has 0 aliphatic carbocycles. The molecule has 0 saturated heterocycles. The summed E-state index contributed by atoms with van der Waals surface area (Å²) in [5, 5.41) is 8.73. The molecule has 1 aromatic rings. The largest absolute Gasteiger partial charge is 0.495 e. The van der Waals surface area contributed by atoms with Crippen molar-refractivity contribution in [2.45, 2.75) is 6.43 Å². The fourth-order valence-corrected chi connectivity index (χ4v) is 1.18. The Bertz CT molecular complexity index is 483. The fourth-order valence-electron chi connectivity index (χ4n) is 1.18. The first-order valence-corrected chi connectivity index (χ1v) is 4.40. The maximum atomic E-state index is 12.6. The van der Waals surface area contributed by atoms with Crippen molar-refractivity contribution in [1.82, 2.24) is 4.98 Å². The lowest BCUT2D eigenvalue weighted by Gasteiger charge is -2.09. The fraction of sp³-hybridized carbons (Fsp3) is 0.300. The highest BCUT2D eigenvalue weighted by atomic mass is 19.3. The van der Waals surface area contributed by atoms with E-state index in [1.165, 1.54) is 0 Å². The van der Waals surface area contributed by atoms with Crippen LogP contribution < -0.4 is 4.74 Å². The van der Waals surface area contributed by atoms with Crippen LogP contribution in [0, 0.1) is 11.3 Å². The van der Waals surface area contributed by atoms with Gasteiger partial charge in [0.05, 0.1) is 19.8 Å². The Labute approximate surface area is 95.6 Å². The van der Waals surface area contributed by atoms with Gasteiger partial charge in [0.25, 0.3) is 6.43 Å². The van der Waals surface area contributed by atoms with E-state index in [9.17, 15) is 13.6 Å². The number of hydrogen-bond acceptors (Lipinski definition) is 5. The van der Waals surface area contributed by atoms with Crippen LogP contribution in [0.3, 0.4) is 0 Å². The van der Waals surface area contributed by atoms with Gasteiger partial charge in [0.15, 0.2) is 5.69 Å². The van der Waals surface area contributed by atoms with Gasteiger partial charge in [0, 0.05) is 0 Å². The molecule has 0 atom stereocenters. The zero-order chi connectivity index (χ0) is 13.0. The quantitative estimate of drug-likeness (QED) is 0.754. The Morgan fingerprint density at radius 3 is 2.59 bits per heavy atom. The number of nitrogens with zero attached hydrogens (tertiary/aromatic N) is 2. The maximum absolute atomic E-state index is 12.6. The number of carbonyl (C=O) groups excluding carboxylic acids is 1. The zero-order valence-electron chi connectivity index (χ0n) is 9.03. The average Bonchev–Trinajstić information content (AvgIpc) is 2.35. The van der Waals surface area contributed by atoms with Crippen LogP contribution in [0.2, 0.25) is 0 Å². The minimum atomic E-state index is -2.90. The zero-order valence-corrected chi connectivity index (χ0v) is 9.03. The average molecular weight is 242 g/mol. The van der Waals surface area contributed by atoms with Crippen molar-refractivity contribution in [1.29, 1.82) is 5.26 Å². The van der Waals surface area contributed by atoms with Crippen LogP contribution in [0.5, 0.6) is 5.75 Å². The molecule has 1 rings (SSSR count). The Kier molecular flexibility index (Phi) is 3.93. The van der Waals surface area contributed by atoms with Crippen LogP contribution >= 0.6 is 0 Å². The van der Waals surface area contributed by atoms with E-state index >= 15 is 0 Å². The number of aromatic nitrogens is 1. The summed E-state index contributed by atoms with van der Waals surface area (Å²) in [5.41, 5.74) is -1.32. The molecule has 0 aromatic carbocycles. The number of alkyl halides is 2. The monoisotopic (exact) mass is 242 g/mol. The van der Waals surface area contributed by atoms with Gasteiger partial charge in [-0.1, -0.05) is 0 Å². The number of methoxy groups -OCH3 is 2. The predicted molar refractivity (Wildman–Crippen MR) is 51.8 cm³/mol. The van der Waals surface area contributed by atoms with Gasteiger partial charge in [0.1, 0.15) is 17.5 Å². The normalized spacial score (nSPS) is 9.88. The Morgan fingerprint density at radius 1 is 1.53 bits per heavy atom. The van der Waals surface area contributed by atoms with Gasteiger partial charge in [-0.2, -0.15) is 5.26 Å². The minimum Gasteiger partial charge on any atom is -0.495 e. The smallest absolute Gasteiger partial charge is 0.340 e. The third-order valence-corrected chi connectivity index (χ3v) is 1.95. The van der Waals surface area contributed by atoms with Crippen molar-refractivity contribution in [3.8, 4) is 11.8 Å². The second-order valence-corrected chi connectivity index (χ2v) is 2.88. The molecule has 1 heterocycles. The van der Waals surface area contributed by atoms with E-state index in [4.69, 9.17) is 5.26 Å². The molecule has 0 aliphatic heterocycles. The summed E-state index contributed by atoms with van der Waals surface area (Å²) in [4.78, 5) is 14.7. The molecule has 0 fully saturated rings. The lowest BCUT2D eigenvalue weighted by atomic mass is 10.1. The standard InChI is InChI=1S/C10H8F2N2O3/c1-16-7-3-5(10(15)17-2)6(4-13)14-8(7)9(11)12/h3,9H,1-2H3. The van der Waals surface area contributed by atoms with Crippen molar-refractivity contribution in [3.05, 3.63) is 23.0 Å². The predicted octanol–water partition coefficient (Wildman–Crippen LogP) is 1.69. The van der Waals surface area contributed by atoms with Crippen LogP contribution in [0.15, 0.2) is 6.07 Å². The van der Waals surface area contributed by atoms with Crippen molar-refractivity contribution in [3.63, 3.8) is 0 Å². The van der Waals surface area contributed by atoms with E-state index in [0.29, 0.717) is 0 Å². The summed E-state index contributed by atoms with van der Waals surface area (Å²) >= 11 is 0. The Hall–Kier alpha value is -2.23. The maximum Gasteiger partial charge on any atom is 0.340 e. The number of esters is 1. The molecule has 0 radical (unpaired) electrons. The van der Waals surface area contributed by atoms with Crippen molar-refractivity contribution in [2.75, 3.05) is 14.2 Å². The molecule has 1 aromatic heterocycles. The summed E-state index contributed by atoms with van der Waals surface area (Å²) in [6, 6.07) is 2.57. The number of hydrogen-bond donors (Lipinski definition) is 0. The first kappa shape index (κ1) is 12.8. The molecule has 90 valence electrons. The molecular weight excluding hydrogens is 234 g/mol. The minimum absolute atomic E-state index is 0.212. The van der Waals surface area contributed by atoms with E-state index in [0.717, 1.165) is 20.3 Å². The molecular formula is C10H8F2N2O3. The molecule has 0 unspecified atom stereocenters. The van der Waals surface area contributed by atoms with E-state index in [1.54, 1.807) is 6.07 Å². The molecule has 0 aliphatic rings. The molecule has 0 spiro atoms. The Morgan fingerprint density at radius 2 is 2.18 bits per heavy atom. The van der Waals surface area contributed by atoms with Crippen LogP contribution in [0.4, 0.5) is 8.78 Å². The third-order valence-electron chi connectivity index (χ3n) is 1.95. The second kappa shape index (κ2) is 5.21. The summed E-state index contributed by atoms with van der Waals surface area (Å²) in [6.07, 6.45) is -2.90. The summed E-state index contributed by atoms with van der Waals surface area (Å²) in [6.45, 7) is 0. The summed E-state index contributed by atoms with van der Waals surface area (Å²) < 4.78 is 34.2.